The second kappa shape index (κ2) is 7.81. The monoisotopic (exact) mass is 422 g/mol. The molecule has 1 aliphatic heterocycles. The molecule has 4 aromatic rings. The van der Waals surface area contributed by atoms with E-state index >= 15 is 0 Å². The molecule has 0 aromatic heterocycles. The van der Waals surface area contributed by atoms with Gasteiger partial charge in [0.2, 0.25) is 0 Å². The largest absolute Gasteiger partial charge is 0.494 e. The Hall–Kier alpha value is -3.08. The Labute approximate surface area is 190 Å². The highest BCUT2D eigenvalue weighted by Gasteiger charge is 2.51. The molecule has 0 atom stereocenters. The molecule has 0 radical (unpaired) electrons. The molecule has 4 heteroatoms. The summed E-state index contributed by atoms with van der Waals surface area (Å²) in [5.41, 5.74) is 2.67. The average Bonchev–Trinajstić information content (AvgIpc) is 3.02. The average molecular weight is 422 g/mol. The van der Waals surface area contributed by atoms with Crippen molar-refractivity contribution in [3.63, 3.8) is 0 Å². The van der Waals surface area contributed by atoms with Gasteiger partial charge in [-0.05, 0) is 67.9 Å². The van der Waals surface area contributed by atoms with Gasteiger partial charge in [-0.2, -0.15) is 0 Å². The van der Waals surface area contributed by atoms with Crippen LogP contribution < -0.4 is 10.2 Å². The Balaban J connectivity index is 1.42. The number of ether oxygens (including phenoxy) is 1. The van der Waals surface area contributed by atoms with E-state index < -0.39 is 0 Å². The topological polar surface area (TPSA) is 27.7 Å². The van der Waals surface area contributed by atoms with Gasteiger partial charge in [0.1, 0.15) is 11.5 Å². The third kappa shape index (κ3) is 3.70. The molecule has 3 nitrogen and oxygen atoms in total. The van der Waals surface area contributed by atoms with E-state index in [0.29, 0.717) is 0 Å². The van der Waals surface area contributed by atoms with Gasteiger partial charge in [0.05, 0.1) is 11.2 Å². The molecule has 1 heterocycles. The van der Waals surface area contributed by atoms with Gasteiger partial charge in [-0.25, -0.2) is 0 Å². The Kier molecular flexibility index (Phi) is 5.08. The Morgan fingerprint density at radius 1 is 0.625 bits per heavy atom. The molecule has 0 N–H and O–H groups in total. The van der Waals surface area contributed by atoms with Crippen molar-refractivity contribution < 1.29 is 14.0 Å². The van der Waals surface area contributed by atoms with E-state index in [1.807, 2.05) is 42.5 Å². The third-order valence-electron chi connectivity index (χ3n) is 6.60. The zero-order chi connectivity index (χ0) is 22.3. The van der Waals surface area contributed by atoms with Crippen LogP contribution in [0.15, 0.2) is 91.0 Å². The molecule has 0 aliphatic carbocycles. The molecule has 0 saturated carbocycles. The van der Waals surface area contributed by atoms with Crippen LogP contribution in [0, 0.1) is 0 Å². The van der Waals surface area contributed by atoms with E-state index in [1.165, 1.54) is 16.5 Å². The molecular formula is C28H27BO3. The summed E-state index contributed by atoms with van der Waals surface area (Å²) >= 11 is 0. The summed E-state index contributed by atoms with van der Waals surface area (Å²) < 4.78 is 18.6. The maximum absolute atomic E-state index is 6.30. The summed E-state index contributed by atoms with van der Waals surface area (Å²) in [6.45, 7) is 8.26. The van der Waals surface area contributed by atoms with E-state index in [9.17, 15) is 0 Å². The smallest absolute Gasteiger partial charge is 0.457 e. The predicted octanol–water partition coefficient (Wildman–Crippen LogP) is 6.60. The lowest BCUT2D eigenvalue weighted by Gasteiger charge is -2.32. The molecule has 32 heavy (non-hydrogen) atoms. The molecular weight excluding hydrogens is 395 g/mol. The molecule has 1 fully saturated rings. The molecule has 1 aliphatic rings. The Morgan fingerprint density at radius 2 is 1.22 bits per heavy atom. The van der Waals surface area contributed by atoms with Crippen molar-refractivity contribution in [3.05, 3.63) is 91.0 Å². The number of hydrogen-bond donors (Lipinski definition) is 0. The first-order valence-corrected chi connectivity index (χ1v) is 11.0. The quantitative estimate of drug-likeness (QED) is 0.347. The van der Waals surface area contributed by atoms with Crippen LogP contribution in [0.1, 0.15) is 27.7 Å². The molecule has 160 valence electrons. The minimum atomic E-state index is -0.375. The van der Waals surface area contributed by atoms with Gasteiger partial charge in [-0.1, -0.05) is 72.8 Å². The first-order valence-electron chi connectivity index (χ1n) is 11.0. The maximum Gasteiger partial charge on any atom is 0.494 e. The van der Waals surface area contributed by atoms with E-state index in [4.69, 9.17) is 14.0 Å². The fourth-order valence-electron chi connectivity index (χ4n) is 4.03. The van der Waals surface area contributed by atoms with Gasteiger partial charge >= 0.3 is 7.12 Å². The molecule has 0 amide bonds. The fraction of sp³-hybridized carbons (Fsp3) is 0.214. The van der Waals surface area contributed by atoms with Crippen molar-refractivity contribution in [3.8, 4) is 22.6 Å². The normalized spacial score (nSPS) is 16.9. The standard InChI is InChI=1S/C28H27BO3/c1-27(2)28(3,4)32-29(31-27)21-14-16-22(17-15-21)30-26-19-18-23(20-10-6-5-7-11-20)24-12-8-9-13-25(24)26/h5-19H,1-4H3. The lowest BCUT2D eigenvalue weighted by atomic mass is 9.79. The minimum Gasteiger partial charge on any atom is -0.457 e. The van der Waals surface area contributed by atoms with Crippen molar-refractivity contribution in [2.45, 2.75) is 38.9 Å². The van der Waals surface area contributed by atoms with E-state index in [-0.39, 0.29) is 18.3 Å². The molecule has 4 aromatic carbocycles. The first kappa shape index (κ1) is 20.8. The van der Waals surface area contributed by atoms with Crippen LogP contribution in [0.25, 0.3) is 21.9 Å². The van der Waals surface area contributed by atoms with Gasteiger partial charge < -0.3 is 14.0 Å². The van der Waals surface area contributed by atoms with Crippen LogP contribution in [-0.2, 0) is 9.31 Å². The number of rotatable bonds is 4. The summed E-state index contributed by atoms with van der Waals surface area (Å²) in [5.74, 6) is 1.62. The van der Waals surface area contributed by atoms with Gasteiger partial charge in [0, 0.05) is 5.39 Å². The minimum absolute atomic E-state index is 0.355. The van der Waals surface area contributed by atoms with Crippen molar-refractivity contribution in [1.82, 2.24) is 0 Å². The van der Waals surface area contributed by atoms with E-state index in [1.54, 1.807) is 0 Å². The number of fused-ring (bicyclic) bond motifs is 1. The Bertz CT molecular complexity index is 1230. The summed E-state index contributed by atoms with van der Waals surface area (Å²) in [7, 11) is -0.375. The number of hydrogen-bond acceptors (Lipinski definition) is 3. The van der Waals surface area contributed by atoms with Crippen molar-refractivity contribution in [1.29, 1.82) is 0 Å². The van der Waals surface area contributed by atoms with Crippen LogP contribution in [0.3, 0.4) is 0 Å². The van der Waals surface area contributed by atoms with Crippen LogP contribution >= 0.6 is 0 Å². The molecule has 0 bridgehead atoms. The summed E-state index contributed by atoms with van der Waals surface area (Å²) in [6.07, 6.45) is 0. The van der Waals surface area contributed by atoms with Crippen molar-refractivity contribution >= 4 is 23.4 Å². The predicted molar refractivity (Wildman–Crippen MR) is 132 cm³/mol. The van der Waals surface area contributed by atoms with Crippen LogP contribution in [0.2, 0.25) is 0 Å². The summed E-state index contributed by atoms with van der Waals surface area (Å²) in [6, 6.07) is 31.0. The zero-order valence-corrected chi connectivity index (χ0v) is 19.0. The van der Waals surface area contributed by atoms with E-state index in [2.05, 4.69) is 76.2 Å². The molecule has 1 saturated heterocycles. The van der Waals surface area contributed by atoms with Crippen LogP contribution in [0.5, 0.6) is 11.5 Å². The van der Waals surface area contributed by atoms with Gasteiger partial charge in [-0.15, -0.1) is 0 Å². The van der Waals surface area contributed by atoms with Crippen LogP contribution in [-0.4, -0.2) is 18.3 Å². The second-order valence-electron chi connectivity index (χ2n) is 9.28. The van der Waals surface area contributed by atoms with Gasteiger partial charge in [0.25, 0.3) is 0 Å². The molecule has 0 unspecified atom stereocenters. The van der Waals surface area contributed by atoms with Crippen molar-refractivity contribution in [2.75, 3.05) is 0 Å². The fourth-order valence-corrected chi connectivity index (χ4v) is 4.03. The third-order valence-corrected chi connectivity index (χ3v) is 6.60. The summed E-state index contributed by atoms with van der Waals surface area (Å²) in [5, 5.41) is 2.26. The molecule has 5 rings (SSSR count). The lowest BCUT2D eigenvalue weighted by Crippen LogP contribution is -2.41. The van der Waals surface area contributed by atoms with E-state index in [0.717, 1.165) is 22.3 Å². The van der Waals surface area contributed by atoms with Gasteiger partial charge in [0.15, 0.2) is 0 Å². The maximum atomic E-state index is 6.30. The summed E-state index contributed by atoms with van der Waals surface area (Å²) in [4.78, 5) is 0. The zero-order valence-electron chi connectivity index (χ0n) is 19.0. The second-order valence-corrected chi connectivity index (χ2v) is 9.28. The Morgan fingerprint density at radius 3 is 1.88 bits per heavy atom. The molecule has 0 spiro atoms. The highest BCUT2D eigenvalue weighted by molar-refractivity contribution is 6.62. The SMILES string of the molecule is CC1(C)OB(c2ccc(Oc3ccc(-c4ccccc4)c4ccccc34)cc2)OC1(C)C. The van der Waals surface area contributed by atoms with Gasteiger partial charge in [-0.3, -0.25) is 0 Å². The number of benzene rings is 4. The van der Waals surface area contributed by atoms with Crippen LogP contribution in [0.4, 0.5) is 0 Å². The first-order chi connectivity index (χ1) is 15.3. The highest BCUT2D eigenvalue weighted by atomic mass is 16.7. The van der Waals surface area contributed by atoms with Crippen molar-refractivity contribution in [2.24, 2.45) is 0 Å². The highest BCUT2D eigenvalue weighted by Crippen LogP contribution is 2.38. The lowest BCUT2D eigenvalue weighted by molar-refractivity contribution is 0.00578.